The summed E-state index contributed by atoms with van der Waals surface area (Å²) in [5.41, 5.74) is 0. The van der Waals surface area contributed by atoms with Crippen molar-refractivity contribution in [2.75, 3.05) is 32.4 Å². The largest absolute Gasteiger partial charge is 0.314 e. The van der Waals surface area contributed by atoms with Crippen LogP contribution in [0.2, 0.25) is 0 Å². The van der Waals surface area contributed by atoms with Gasteiger partial charge in [-0.2, -0.15) is 4.31 Å². The normalized spacial score (nSPS) is 23.7. The Morgan fingerprint density at radius 1 is 1.40 bits per heavy atom. The van der Waals surface area contributed by atoms with Crippen LogP contribution in [0.3, 0.4) is 0 Å². The molecule has 15 heavy (non-hydrogen) atoms. The molecule has 1 fully saturated rings. The minimum absolute atomic E-state index is 0.0173. The molecule has 1 heterocycles. The lowest BCUT2D eigenvalue weighted by molar-refractivity contribution is 0.292. The van der Waals surface area contributed by atoms with E-state index in [4.69, 9.17) is 0 Å². The topological polar surface area (TPSA) is 61.4 Å². The van der Waals surface area contributed by atoms with Crippen molar-refractivity contribution in [1.29, 1.82) is 0 Å². The Hall–Kier alpha value is -0.170. The second-order valence-corrected chi connectivity index (χ2v) is 6.22. The number of rotatable bonds is 4. The highest BCUT2D eigenvalue weighted by Crippen LogP contribution is 2.06. The second kappa shape index (κ2) is 5.25. The van der Waals surface area contributed by atoms with E-state index in [0.29, 0.717) is 6.54 Å². The van der Waals surface area contributed by atoms with E-state index in [-0.39, 0.29) is 12.1 Å². The Bertz CT molecular complexity index is 284. The van der Waals surface area contributed by atoms with Crippen molar-refractivity contribution < 1.29 is 8.42 Å². The molecule has 6 heteroatoms. The fraction of sp³-hybridized carbons (Fsp3) is 1.00. The summed E-state index contributed by atoms with van der Waals surface area (Å²) in [6, 6.07) is 0.236. The molecule has 90 valence electrons. The summed E-state index contributed by atoms with van der Waals surface area (Å²) in [6.45, 7) is 7.04. The van der Waals surface area contributed by atoms with Crippen LogP contribution in [0, 0.1) is 0 Å². The van der Waals surface area contributed by atoms with Crippen molar-refractivity contribution in [1.82, 2.24) is 14.9 Å². The van der Waals surface area contributed by atoms with Gasteiger partial charge in [0.2, 0.25) is 10.0 Å². The number of nitrogens with zero attached hydrogens (tertiary/aromatic N) is 1. The maximum atomic E-state index is 11.5. The van der Waals surface area contributed by atoms with Crippen molar-refractivity contribution >= 4 is 10.0 Å². The highest BCUT2D eigenvalue weighted by molar-refractivity contribution is 7.88. The summed E-state index contributed by atoms with van der Waals surface area (Å²) >= 11 is 0. The quantitative estimate of drug-likeness (QED) is 0.671. The Balaban J connectivity index is 2.58. The average Bonchev–Trinajstić information content (AvgIpc) is 2.13. The van der Waals surface area contributed by atoms with Crippen molar-refractivity contribution in [2.24, 2.45) is 0 Å². The molecule has 0 radical (unpaired) electrons. The van der Waals surface area contributed by atoms with E-state index in [1.807, 2.05) is 13.8 Å². The predicted octanol–water partition coefficient (Wildman–Crippen LogP) is -0.782. The third kappa shape index (κ3) is 4.06. The minimum atomic E-state index is -3.10. The molecule has 0 spiro atoms. The second-order valence-electron chi connectivity index (χ2n) is 4.28. The molecule has 0 saturated carbocycles. The summed E-state index contributed by atoms with van der Waals surface area (Å²) in [4.78, 5) is 0. The highest BCUT2D eigenvalue weighted by Gasteiger charge is 2.24. The number of hydrogen-bond donors (Lipinski definition) is 2. The van der Waals surface area contributed by atoms with Crippen LogP contribution in [0.25, 0.3) is 0 Å². The van der Waals surface area contributed by atoms with E-state index >= 15 is 0 Å². The molecule has 0 aromatic carbocycles. The van der Waals surface area contributed by atoms with Crippen LogP contribution in [0.4, 0.5) is 0 Å². The zero-order chi connectivity index (χ0) is 11.5. The monoisotopic (exact) mass is 235 g/mol. The fourth-order valence-corrected chi connectivity index (χ4v) is 3.01. The van der Waals surface area contributed by atoms with Crippen LogP contribution >= 0.6 is 0 Å². The van der Waals surface area contributed by atoms with Crippen LogP contribution in [-0.4, -0.2) is 57.2 Å². The van der Waals surface area contributed by atoms with Crippen molar-refractivity contribution in [2.45, 2.75) is 25.9 Å². The molecule has 0 amide bonds. The van der Waals surface area contributed by atoms with Gasteiger partial charge in [0.15, 0.2) is 0 Å². The minimum Gasteiger partial charge on any atom is -0.314 e. The van der Waals surface area contributed by atoms with Crippen LogP contribution in [0.5, 0.6) is 0 Å². The van der Waals surface area contributed by atoms with Gasteiger partial charge >= 0.3 is 0 Å². The van der Waals surface area contributed by atoms with E-state index in [1.54, 1.807) is 0 Å². The summed E-state index contributed by atoms with van der Waals surface area (Å²) in [5.74, 6) is 0. The number of sulfonamides is 1. The zero-order valence-corrected chi connectivity index (χ0v) is 10.5. The Morgan fingerprint density at radius 2 is 2.07 bits per heavy atom. The Kier molecular flexibility index (Phi) is 4.51. The molecule has 0 bridgehead atoms. The first kappa shape index (κ1) is 12.9. The summed E-state index contributed by atoms with van der Waals surface area (Å²) in [6.07, 6.45) is 1.27. The maximum Gasteiger partial charge on any atom is 0.211 e. The maximum absolute atomic E-state index is 11.5. The Morgan fingerprint density at radius 3 is 2.47 bits per heavy atom. The molecule has 0 aliphatic carbocycles. The molecule has 0 aromatic heterocycles. The number of piperazine rings is 1. The van der Waals surface area contributed by atoms with Gasteiger partial charge in [-0.3, -0.25) is 0 Å². The molecule has 1 aliphatic rings. The molecule has 2 N–H and O–H groups in total. The van der Waals surface area contributed by atoms with E-state index in [0.717, 1.165) is 19.6 Å². The lowest BCUT2D eigenvalue weighted by atomic mass is 10.2. The lowest BCUT2D eigenvalue weighted by Crippen LogP contribution is -2.55. The fourth-order valence-electron chi connectivity index (χ4n) is 1.79. The standard InChI is InChI=1S/C9H21N3O2S/c1-8(2)12(15(3,13)14)7-9-6-10-4-5-11-9/h8-11H,4-7H2,1-3H3. The Labute approximate surface area is 92.3 Å². The van der Waals surface area contributed by atoms with Gasteiger partial charge < -0.3 is 10.6 Å². The first-order chi connectivity index (χ1) is 6.91. The molecule has 1 unspecified atom stereocenters. The van der Waals surface area contributed by atoms with Gasteiger partial charge in [-0.15, -0.1) is 0 Å². The van der Waals surface area contributed by atoms with Crippen LogP contribution in [-0.2, 0) is 10.0 Å². The first-order valence-electron chi connectivity index (χ1n) is 5.32. The predicted molar refractivity (Wildman–Crippen MR) is 61.3 cm³/mol. The summed E-state index contributed by atoms with van der Waals surface area (Å²) in [5, 5.41) is 6.55. The van der Waals surface area contributed by atoms with Gasteiger partial charge in [-0.25, -0.2) is 8.42 Å². The lowest BCUT2D eigenvalue weighted by Gasteiger charge is -2.31. The molecule has 5 nitrogen and oxygen atoms in total. The van der Waals surface area contributed by atoms with Gasteiger partial charge in [0.25, 0.3) is 0 Å². The third-order valence-electron chi connectivity index (χ3n) is 2.53. The van der Waals surface area contributed by atoms with Gasteiger partial charge in [-0.05, 0) is 13.8 Å². The van der Waals surface area contributed by atoms with Gasteiger partial charge in [-0.1, -0.05) is 0 Å². The van der Waals surface area contributed by atoms with Crippen molar-refractivity contribution in [3.63, 3.8) is 0 Å². The number of nitrogens with one attached hydrogen (secondary N) is 2. The van der Waals surface area contributed by atoms with Crippen LogP contribution < -0.4 is 10.6 Å². The van der Waals surface area contributed by atoms with E-state index in [9.17, 15) is 8.42 Å². The van der Waals surface area contributed by atoms with Crippen molar-refractivity contribution in [3.05, 3.63) is 0 Å². The summed E-state index contributed by atoms with van der Waals surface area (Å²) in [7, 11) is -3.10. The molecular formula is C9H21N3O2S. The molecule has 0 aromatic rings. The van der Waals surface area contributed by atoms with E-state index in [2.05, 4.69) is 10.6 Å². The number of hydrogen-bond acceptors (Lipinski definition) is 4. The average molecular weight is 235 g/mol. The molecule has 1 atom stereocenters. The molecular weight excluding hydrogens is 214 g/mol. The van der Waals surface area contributed by atoms with E-state index in [1.165, 1.54) is 10.6 Å². The van der Waals surface area contributed by atoms with Crippen molar-refractivity contribution in [3.8, 4) is 0 Å². The molecule has 1 rings (SSSR count). The third-order valence-corrected chi connectivity index (χ3v) is 3.95. The van der Waals surface area contributed by atoms with Gasteiger partial charge in [0.1, 0.15) is 0 Å². The zero-order valence-electron chi connectivity index (χ0n) is 9.66. The van der Waals surface area contributed by atoms with Gasteiger partial charge in [0, 0.05) is 38.3 Å². The SMILES string of the molecule is CC(C)N(CC1CNCCN1)S(C)(=O)=O. The molecule has 1 aliphatic heterocycles. The summed E-state index contributed by atoms with van der Waals surface area (Å²) < 4.78 is 24.6. The van der Waals surface area contributed by atoms with Crippen LogP contribution in [0.1, 0.15) is 13.8 Å². The van der Waals surface area contributed by atoms with E-state index < -0.39 is 10.0 Å². The molecule has 1 saturated heterocycles. The smallest absolute Gasteiger partial charge is 0.211 e. The highest BCUT2D eigenvalue weighted by atomic mass is 32.2. The van der Waals surface area contributed by atoms with Gasteiger partial charge in [0.05, 0.1) is 6.26 Å². The van der Waals surface area contributed by atoms with Crippen LogP contribution in [0.15, 0.2) is 0 Å². The first-order valence-corrected chi connectivity index (χ1v) is 7.17.